The van der Waals surface area contributed by atoms with Crippen molar-refractivity contribution in [1.29, 1.82) is 0 Å². The summed E-state index contributed by atoms with van der Waals surface area (Å²) in [6.45, 7) is 8.90. The van der Waals surface area contributed by atoms with E-state index >= 15 is 0 Å². The van der Waals surface area contributed by atoms with Crippen molar-refractivity contribution in [3.05, 3.63) is 36.1 Å². The summed E-state index contributed by atoms with van der Waals surface area (Å²) in [5, 5.41) is 9.97. The second-order valence-corrected chi connectivity index (χ2v) is 3.47. The van der Waals surface area contributed by atoms with Gasteiger partial charge in [-0.05, 0) is 6.92 Å². The van der Waals surface area contributed by atoms with Gasteiger partial charge in [0.05, 0.1) is 12.7 Å². The number of hydrogen-bond acceptors (Lipinski definition) is 3. The van der Waals surface area contributed by atoms with E-state index < -0.39 is 5.60 Å². The topological polar surface area (TPSA) is 46.5 Å². The van der Waals surface area contributed by atoms with Gasteiger partial charge in [0.15, 0.2) is 5.60 Å². The van der Waals surface area contributed by atoms with Crippen molar-refractivity contribution in [2.24, 2.45) is 0 Å². The fourth-order valence-corrected chi connectivity index (χ4v) is 1.65. The van der Waals surface area contributed by atoms with Gasteiger partial charge in [-0.3, -0.25) is 4.79 Å². The molecular weight excluding hydrogens is 180 g/mol. The minimum atomic E-state index is -1.51. The molecular formula is C11H14O3. The number of aliphatic hydroxyl groups is 1. The van der Waals surface area contributed by atoms with Crippen molar-refractivity contribution in [3.63, 3.8) is 0 Å². The van der Waals surface area contributed by atoms with Gasteiger partial charge in [0.2, 0.25) is 5.78 Å². The van der Waals surface area contributed by atoms with E-state index in [1.165, 1.54) is 13.2 Å². The molecule has 0 bridgehead atoms. The van der Waals surface area contributed by atoms with Gasteiger partial charge in [0.1, 0.15) is 5.76 Å². The standard InChI is InChI=1S/C11H14O3/c1-5-8-9(12)11(13,6-7(2)3)10(8)14-4/h5,13H,1-2,6H2,3-4H3. The van der Waals surface area contributed by atoms with E-state index in [0.717, 1.165) is 5.57 Å². The number of rotatable bonds is 4. The number of hydrogen-bond donors (Lipinski definition) is 1. The van der Waals surface area contributed by atoms with Gasteiger partial charge in [0, 0.05) is 6.42 Å². The van der Waals surface area contributed by atoms with Crippen molar-refractivity contribution in [2.75, 3.05) is 7.11 Å². The third kappa shape index (κ3) is 1.30. The highest BCUT2D eigenvalue weighted by Gasteiger charge is 2.52. The minimum absolute atomic E-state index is 0.201. The molecule has 1 atom stereocenters. The minimum Gasteiger partial charge on any atom is -0.497 e. The first kappa shape index (κ1) is 10.7. The average Bonchev–Trinajstić information content (AvgIpc) is 2.11. The van der Waals surface area contributed by atoms with Gasteiger partial charge in [-0.2, -0.15) is 0 Å². The number of Topliss-reactive ketones (excluding diaryl/α,β-unsaturated/α-hetero) is 1. The molecule has 0 fully saturated rings. The Labute approximate surface area is 83.4 Å². The number of ether oxygens (including phenoxy) is 1. The Bertz CT molecular complexity index is 338. The zero-order valence-corrected chi connectivity index (χ0v) is 8.46. The highest BCUT2D eigenvalue weighted by atomic mass is 16.5. The Hall–Kier alpha value is -1.35. The van der Waals surface area contributed by atoms with Crippen LogP contribution in [0.4, 0.5) is 0 Å². The lowest BCUT2D eigenvalue weighted by atomic mass is 9.74. The van der Waals surface area contributed by atoms with Crippen molar-refractivity contribution in [2.45, 2.75) is 18.9 Å². The van der Waals surface area contributed by atoms with Crippen LogP contribution in [0.15, 0.2) is 36.1 Å². The van der Waals surface area contributed by atoms with E-state index in [0.29, 0.717) is 11.3 Å². The van der Waals surface area contributed by atoms with Crippen LogP contribution in [0, 0.1) is 0 Å². The summed E-state index contributed by atoms with van der Waals surface area (Å²) in [6.07, 6.45) is 1.60. The molecule has 0 aromatic heterocycles. The normalized spacial score (nSPS) is 25.8. The average molecular weight is 194 g/mol. The zero-order chi connectivity index (χ0) is 10.9. The van der Waals surface area contributed by atoms with Gasteiger partial charge in [-0.25, -0.2) is 0 Å². The van der Waals surface area contributed by atoms with E-state index in [-0.39, 0.29) is 12.2 Å². The molecule has 0 saturated carbocycles. The molecule has 0 heterocycles. The van der Waals surface area contributed by atoms with E-state index in [4.69, 9.17) is 4.74 Å². The highest BCUT2D eigenvalue weighted by molar-refractivity contribution is 6.13. The summed E-state index contributed by atoms with van der Waals surface area (Å²) in [5.41, 5.74) is -0.417. The maximum atomic E-state index is 11.5. The van der Waals surface area contributed by atoms with Crippen molar-refractivity contribution < 1.29 is 14.6 Å². The lowest BCUT2D eigenvalue weighted by Crippen LogP contribution is -2.51. The van der Waals surface area contributed by atoms with Crippen LogP contribution >= 0.6 is 0 Å². The molecule has 0 aromatic rings. The lowest BCUT2D eigenvalue weighted by Gasteiger charge is -2.37. The van der Waals surface area contributed by atoms with Gasteiger partial charge < -0.3 is 9.84 Å². The van der Waals surface area contributed by atoms with E-state index in [1.54, 1.807) is 6.92 Å². The molecule has 1 unspecified atom stereocenters. The molecule has 0 aromatic carbocycles. The quantitative estimate of drug-likeness (QED) is 0.687. The first-order valence-corrected chi connectivity index (χ1v) is 4.30. The fraction of sp³-hybridized carbons (Fsp3) is 0.364. The summed E-state index contributed by atoms with van der Waals surface area (Å²) in [6, 6.07) is 0. The molecule has 1 N–H and O–H groups in total. The SMILES string of the molecule is C=CC1=C(OC)C(O)(CC(=C)C)C1=O. The molecule has 76 valence electrons. The molecule has 0 radical (unpaired) electrons. The highest BCUT2D eigenvalue weighted by Crippen LogP contribution is 2.40. The third-order valence-corrected chi connectivity index (χ3v) is 2.21. The molecule has 3 heteroatoms. The third-order valence-electron chi connectivity index (χ3n) is 2.21. The molecule has 0 aliphatic heterocycles. The lowest BCUT2D eigenvalue weighted by molar-refractivity contribution is -0.138. The number of allylic oxidation sites excluding steroid dienone is 1. The first-order chi connectivity index (χ1) is 6.47. The summed E-state index contributed by atoms with van der Waals surface area (Å²) in [5.74, 6) is -0.0483. The molecule has 1 rings (SSSR count). The Morgan fingerprint density at radius 2 is 2.29 bits per heavy atom. The Morgan fingerprint density at radius 3 is 2.64 bits per heavy atom. The van der Waals surface area contributed by atoms with Gasteiger partial charge in [-0.1, -0.05) is 18.2 Å². The summed E-state index contributed by atoms with van der Waals surface area (Å²) < 4.78 is 4.97. The maximum Gasteiger partial charge on any atom is 0.205 e. The summed E-state index contributed by atoms with van der Waals surface area (Å²) in [7, 11) is 1.43. The molecule has 0 spiro atoms. The molecule has 1 aliphatic rings. The van der Waals surface area contributed by atoms with E-state index in [2.05, 4.69) is 13.2 Å². The summed E-state index contributed by atoms with van der Waals surface area (Å²) in [4.78, 5) is 11.5. The first-order valence-electron chi connectivity index (χ1n) is 4.30. The van der Waals surface area contributed by atoms with Crippen LogP contribution in [0.3, 0.4) is 0 Å². The largest absolute Gasteiger partial charge is 0.497 e. The van der Waals surface area contributed by atoms with Crippen molar-refractivity contribution >= 4 is 5.78 Å². The molecule has 0 amide bonds. The predicted molar refractivity (Wildman–Crippen MR) is 53.6 cm³/mol. The molecule has 3 nitrogen and oxygen atoms in total. The Balaban J connectivity index is 3.05. The van der Waals surface area contributed by atoms with Crippen molar-refractivity contribution in [3.8, 4) is 0 Å². The number of carbonyl (C=O) groups is 1. The molecule has 14 heavy (non-hydrogen) atoms. The van der Waals surface area contributed by atoms with Gasteiger partial charge >= 0.3 is 0 Å². The maximum absolute atomic E-state index is 11.5. The number of carbonyl (C=O) groups excluding carboxylic acids is 1. The number of ketones is 1. The van der Waals surface area contributed by atoms with Gasteiger partial charge in [0.25, 0.3) is 0 Å². The van der Waals surface area contributed by atoms with Gasteiger partial charge in [-0.15, -0.1) is 6.58 Å². The van der Waals surface area contributed by atoms with Crippen LogP contribution in [0.25, 0.3) is 0 Å². The molecule has 1 aliphatic carbocycles. The fourth-order valence-electron chi connectivity index (χ4n) is 1.65. The molecule has 0 saturated heterocycles. The van der Waals surface area contributed by atoms with Crippen LogP contribution in [-0.2, 0) is 9.53 Å². The second kappa shape index (κ2) is 3.42. The van der Waals surface area contributed by atoms with Crippen molar-refractivity contribution in [1.82, 2.24) is 0 Å². The van der Waals surface area contributed by atoms with Crippen LogP contribution in [-0.4, -0.2) is 23.6 Å². The Morgan fingerprint density at radius 1 is 1.71 bits per heavy atom. The monoisotopic (exact) mass is 194 g/mol. The van der Waals surface area contributed by atoms with Crippen LogP contribution < -0.4 is 0 Å². The van der Waals surface area contributed by atoms with Crippen LogP contribution in [0.2, 0.25) is 0 Å². The predicted octanol–water partition coefficient (Wildman–Crippen LogP) is 1.35. The zero-order valence-electron chi connectivity index (χ0n) is 8.46. The number of methoxy groups -OCH3 is 1. The van der Waals surface area contributed by atoms with Crippen LogP contribution in [0.1, 0.15) is 13.3 Å². The second-order valence-electron chi connectivity index (χ2n) is 3.47. The van der Waals surface area contributed by atoms with E-state index in [1.807, 2.05) is 0 Å². The van der Waals surface area contributed by atoms with E-state index in [9.17, 15) is 9.90 Å². The Kier molecular flexibility index (Phi) is 2.62. The summed E-state index contributed by atoms with van der Waals surface area (Å²) >= 11 is 0. The smallest absolute Gasteiger partial charge is 0.205 e. The van der Waals surface area contributed by atoms with Crippen LogP contribution in [0.5, 0.6) is 0 Å².